The lowest BCUT2D eigenvalue weighted by Crippen LogP contribution is -2.43. The van der Waals surface area contributed by atoms with Crippen LogP contribution >= 0.6 is 0 Å². The molecule has 1 aromatic rings. The standard InChI is InChI=1S/C19H24N2O3/c1-14(22)15-6-8-16(9-7-15)20-17(23)19(10-11-19)18(24)21-12-4-2-3-5-13-21/h6-9H,2-5,10-13H2,1H3,(H,20,23). The smallest absolute Gasteiger partial charge is 0.240 e. The van der Waals surface area contributed by atoms with Crippen molar-refractivity contribution in [3.05, 3.63) is 29.8 Å². The summed E-state index contributed by atoms with van der Waals surface area (Å²) in [5.74, 6) is -0.238. The fourth-order valence-corrected chi connectivity index (χ4v) is 3.28. The SMILES string of the molecule is CC(=O)c1ccc(NC(=O)C2(C(=O)N3CCCCCC3)CC2)cc1. The molecule has 0 bridgehead atoms. The molecule has 0 spiro atoms. The highest BCUT2D eigenvalue weighted by molar-refractivity contribution is 6.13. The molecular formula is C19H24N2O3. The first-order chi connectivity index (χ1) is 11.5. The van der Waals surface area contributed by atoms with Crippen molar-refractivity contribution in [3.8, 4) is 0 Å². The van der Waals surface area contributed by atoms with Crippen LogP contribution in [-0.4, -0.2) is 35.6 Å². The van der Waals surface area contributed by atoms with Gasteiger partial charge in [0.2, 0.25) is 11.8 Å². The molecule has 1 saturated carbocycles. The normalized spacial score (nSPS) is 19.3. The van der Waals surface area contributed by atoms with Crippen molar-refractivity contribution in [2.45, 2.75) is 45.4 Å². The average Bonchev–Trinajstić information content (AvgIpc) is 3.39. The van der Waals surface area contributed by atoms with Crippen molar-refractivity contribution in [2.75, 3.05) is 18.4 Å². The summed E-state index contributed by atoms with van der Waals surface area (Å²) in [5, 5.41) is 2.85. The summed E-state index contributed by atoms with van der Waals surface area (Å²) in [6.45, 7) is 3.04. The monoisotopic (exact) mass is 328 g/mol. The zero-order chi connectivity index (χ0) is 17.2. The second kappa shape index (κ2) is 6.75. The second-order valence-electron chi connectivity index (χ2n) is 6.88. The van der Waals surface area contributed by atoms with Crippen LogP contribution in [0.15, 0.2) is 24.3 Å². The van der Waals surface area contributed by atoms with Gasteiger partial charge in [-0.15, -0.1) is 0 Å². The van der Waals surface area contributed by atoms with Gasteiger partial charge in [-0.1, -0.05) is 12.8 Å². The van der Waals surface area contributed by atoms with Crippen molar-refractivity contribution in [1.29, 1.82) is 0 Å². The Bertz CT molecular complexity index is 639. The topological polar surface area (TPSA) is 66.5 Å². The van der Waals surface area contributed by atoms with Gasteiger partial charge in [0.1, 0.15) is 5.41 Å². The van der Waals surface area contributed by atoms with E-state index >= 15 is 0 Å². The van der Waals surface area contributed by atoms with Gasteiger partial charge in [0, 0.05) is 24.3 Å². The first-order valence-electron chi connectivity index (χ1n) is 8.75. The van der Waals surface area contributed by atoms with E-state index in [1.165, 1.54) is 6.92 Å². The van der Waals surface area contributed by atoms with Gasteiger partial charge in [0.25, 0.3) is 0 Å². The van der Waals surface area contributed by atoms with Gasteiger partial charge in [-0.2, -0.15) is 0 Å². The fourth-order valence-electron chi connectivity index (χ4n) is 3.28. The molecule has 1 saturated heterocycles. The van der Waals surface area contributed by atoms with E-state index in [0.717, 1.165) is 38.8 Å². The Hall–Kier alpha value is -2.17. The number of ketones is 1. The minimum Gasteiger partial charge on any atom is -0.342 e. The largest absolute Gasteiger partial charge is 0.342 e. The molecule has 1 aliphatic carbocycles. The first kappa shape index (κ1) is 16.7. The first-order valence-corrected chi connectivity index (χ1v) is 8.75. The molecular weight excluding hydrogens is 304 g/mol. The van der Waals surface area contributed by atoms with E-state index in [4.69, 9.17) is 0 Å². The Morgan fingerprint density at radius 1 is 0.958 bits per heavy atom. The van der Waals surface area contributed by atoms with E-state index in [1.54, 1.807) is 24.3 Å². The van der Waals surface area contributed by atoms with Crippen LogP contribution in [0, 0.1) is 5.41 Å². The summed E-state index contributed by atoms with van der Waals surface area (Å²) in [7, 11) is 0. The van der Waals surface area contributed by atoms with Crippen LogP contribution in [0.5, 0.6) is 0 Å². The van der Waals surface area contributed by atoms with Crippen LogP contribution in [0.2, 0.25) is 0 Å². The van der Waals surface area contributed by atoms with Gasteiger partial charge in [-0.05, 0) is 56.9 Å². The molecule has 2 aliphatic rings. The Kier molecular flexibility index (Phi) is 4.69. The van der Waals surface area contributed by atoms with E-state index < -0.39 is 5.41 Å². The van der Waals surface area contributed by atoms with Crippen molar-refractivity contribution < 1.29 is 14.4 Å². The van der Waals surface area contributed by atoms with Gasteiger partial charge < -0.3 is 10.2 Å². The van der Waals surface area contributed by atoms with Crippen LogP contribution in [-0.2, 0) is 9.59 Å². The average molecular weight is 328 g/mol. The predicted molar refractivity (Wildman–Crippen MR) is 91.8 cm³/mol. The van der Waals surface area contributed by atoms with E-state index in [9.17, 15) is 14.4 Å². The second-order valence-corrected chi connectivity index (χ2v) is 6.88. The van der Waals surface area contributed by atoms with Crippen LogP contribution in [0.1, 0.15) is 55.8 Å². The Morgan fingerprint density at radius 2 is 1.54 bits per heavy atom. The lowest BCUT2D eigenvalue weighted by Gasteiger charge is -2.25. The van der Waals surface area contributed by atoms with E-state index in [-0.39, 0.29) is 17.6 Å². The molecule has 1 aliphatic heterocycles. The molecule has 0 unspecified atom stereocenters. The molecule has 2 amide bonds. The molecule has 1 heterocycles. The van der Waals surface area contributed by atoms with Gasteiger partial charge in [0.15, 0.2) is 5.78 Å². The predicted octanol–water partition coefficient (Wildman–Crippen LogP) is 3.01. The summed E-state index contributed by atoms with van der Waals surface area (Å²) in [6.07, 6.45) is 5.61. The van der Waals surface area contributed by atoms with Crippen molar-refractivity contribution in [1.82, 2.24) is 4.90 Å². The molecule has 5 heteroatoms. The molecule has 1 aromatic carbocycles. The number of likely N-dealkylation sites (tertiary alicyclic amines) is 1. The number of benzene rings is 1. The maximum absolute atomic E-state index is 12.8. The number of carbonyl (C=O) groups excluding carboxylic acids is 3. The Labute approximate surface area is 142 Å². The minimum atomic E-state index is -0.871. The number of nitrogens with zero attached hydrogens (tertiary/aromatic N) is 1. The third-order valence-electron chi connectivity index (χ3n) is 5.04. The van der Waals surface area contributed by atoms with Gasteiger partial charge in [-0.25, -0.2) is 0 Å². The lowest BCUT2D eigenvalue weighted by atomic mass is 10.0. The van der Waals surface area contributed by atoms with Gasteiger partial charge in [-0.3, -0.25) is 14.4 Å². The highest BCUT2D eigenvalue weighted by Gasteiger charge is 2.57. The minimum absolute atomic E-state index is 0.0112. The maximum Gasteiger partial charge on any atom is 0.240 e. The molecule has 1 N–H and O–H groups in total. The number of nitrogens with one attached hydrogen (secondary N) is 1. The molecule has 128 valence electrons. The van der Waals surface area contributed by atoms with Gasteiger partial charge >= 0.3 is 0 Å². The van der Waals surface area contributed by atoms with E-state index in [0.29, 0.717) is 24.1 Å². The zero-order valence-corrected chi connectivity index (χ0v) is 14.1. The number of hydrogen-bond acceptors (Lipinski definition) is 3. The number of hydrogen-bond donors (Lipinski definition) is 1. The molecule has 0 atom stereocenters. The third-order valence-corrected chi connectivity index (χ3v) is 5.04. The Balaban J connectivity index is 1.67. The van der Waals surface area contributed by atoms with E-state index in [1.807, 2.05) is 4.90 Å². The molecule has 3 rings (SSSR count). The quantitative estimate of drug-likeness (QED) is 0.682. The number of rotatable bonds is 4. The van der Waals surface area contributed by atoms with Gasteiger partial charge in [0.05, 0.1) is 0 Å². The highest BCUT2D eigenvalue weighted by Crippen LogP contribution is 2.48. The molecule has 2 fully saturated rings. The summed E-state index contributed by atoms with van der Waals surface area (Å²) < 4.78 is 0. The summed E-state index contributed by atoms with van der Waals surface area (Å²) >= 11 is 0. The lowest BCUT2D eigenvalue weighted by molar-refractivity contribution is -0.142. The summed E-state index contributed by atoms with van der Waals surface area (Å²) in [5.41, 5.74) is 0.360. The summed E-state index contributed by atoms with van der Waals surface area (Å²) in [6, 6.07) is 6.80. The zero-order valence-electron chi connectivity index (χ0n) is 14.1. The molecule has 0 aromatic heterocycles. The van der Waals surface area contributed by atoms with Crippen LogP contribution < -0.4 is 5.32 Å². The van der Waals surface area contributed by atoms with Crippen molar-refractivity contribution in [3.63, 3.8) is 0 Å². The van der Waals surface area contributed by atoms with E-state index in [2.05, 4.69) is 5.32 Å². The highest BCUT2D eigenvalue weighted by atomic mass is 16.2. The fraction of sp³-hybridized carbons (Fsp3) is 0.526. The van der Waals surface area contributed by atoms with Crippen molar-refractivity contribution in [2.24, 2.45) is 5.41 Å². The maximum atomic E-state index is 12.8. The number of Topliss-reactive ketones (excluding diaryl/α,β-unsaturated/α-hetero) is 1. The van der Waals surface area contributed by atoms with Crippen LogP contribution in [0.3, 0.4) is 0 Å². The number of carbonyl (C=O) groups is 3. The number of amides is 2. The van der Waals surface area contributed by atoms with Crippen molar-refractivity contribution >= 4 is 23.3 Å². The number of anilines is 1. The van der Waals surface area contributed by atoms with Crippen LogP contribution in [0.4, 0.5) is 5.69 Å². The summed E-state index contributed by atoms with van der Waals surface area (Å²) in [4.78, 5) is 38.7. The van der Waals surface area contributed by atoms with Crippen LogP contribution in [0.25, 0.3) is 0 Å². The molecule has 5 nitrogen and oxygen atoms in total. The molecule has 24 heavy (non-hydrogen) atoms. The third kappa shape index (κ3) is 3.35. The Morgan fingerprint density at radius 3 is 2.04 bits per heavy atom. The molecule has 0 radical (unpaired) electrons.